The van der Waals surface area contributed by atoms with Gasteiger partial charge in [-0.25, -0.2) is 4.98 Å². The summed E-state index contributed by atoms with van der Waals surface area (Å²) in [6, 6.07) is 4.29. The molecule has 2 aliphatic carbocycles. The molecule has 0 saturated heterocycles. The Balaban J connectivity index is 1.30. The molecule has 2 aromatic rings. The Morgan fingerprint density at radius 1 is 1.31 bits per heavy atom. The second-order valence-electron chi connectivity index (χ2n) is 9.08. The van der Waals surface area contributed by atoms with E-state index in [1.54, 1.807) is 12.3 Å². The van der Waals surface area contributed by atoms with Gasteiger partial charge in [0.25, 0.3) is 0 Å². The minimum atomic E-state index is -0.284. The summed E-state index contributed by atoms with van der Waals surface area (Å²) >= 11 is 3.60. The van der Waals surface area contributed by atoms with E-state index in [9.17, 15) is 9.90 Å². The number of aliphatic hydroxyl groups excluding tert-OH is 1. The molecule has 0 spiro atoms. The van der Waals surface area contributed by atoms with Crippen LogP contribution in [0.1, 0.15) is 57.6 Å². The minimum Gasteiger partial charge on any atom is -0.444 e. The van der Waals surface area contributed by atoms with E-state index < -0.39 is 0 Å². The van der Waals surface area contributed by atoms with E-state index in [4.69, 9.17) is 9.68 Å². The fraction of sp³-hybridized carbons (Fsp3) is 0.609. The van der Waals surface area contributed by atoms with Gasteiger partial charge in [-0.05, 0) is 74.8 Å². The molecule has 3 atom stereocenters. The van der Waals surface area contributed by atoms with Gasteiger partial charge in [0.15, 0.2) is 5.58 Å². The molecule has 1 amide bonds. The summed E-state index contributed by atoms with van der Waals surface area (Å²) in [5, 5.41) is 26.2. The van der Waals surface area contributed by atoms with Crippen LogP contribution >= 0.6 is 15.9 Å². The van der Waals surface area contributed by atoms with Crippen molar-refractivity contribution < 1.29 is 14.3 Å². The van der Waals surface area contributed by atoms with Crippen LogP contribution in [-0.2, 0) is 4.79 Å². The first-order valence-electron chi connectivity index (χ1n) is 11.3. The first kappa shape index (κ1) is 23.0. The third-order valence-electron chi connectivity index (χ3n) is 6.98. The lowest BCUT2D eigenvalue weighted by atomic mass is 9.89. The van der Waals surface area contributed by atoms with Crippen molar-refractivity contribution in [3.63, 3.8) is 0 Å². The van der Waals surface area contributed by atoms with E-state index in [0.29, 0.717) is 24.1 Å². The number of nitrogens with zero attached hydrogens (tertiary/aromatic N) is 3. The van der Waals surface area contributed by atoms with Crippen molar-refractivity contribution in [3.05, 3.63) is 22.5 Å². The van der Waals surface area contributed by atoms with Crippen LogP contribution in [0.3, 0.4) is 0 Å². The van der Waals surface area contributed by atoms with E-state index in [1.807, 2.05) is 20.0 Å². The molecule has 8 nitrogen and oxygen atoms in total. The van der Waals surface area contributed by atoms with Crippen molar-refractivity contribution in [1.29, 1.82) is 5.26 Å². The number of rotatable bonds is 6. The number of amides is 1. The smallest absolute Gasteiger partial charge is 0.237 e. The second kappa shape index (κ2) is 9.77. The summed E-state index contributed by atoms with van der Waals surface area (Å²) in [6.45, 7) is 1.96. The summed E-state index contributed by atoms with van der Waals surface area (Å²) in [7, 11) is 2.03. The SMILES string of the molecule is C[C@@H](C(=O)N[C@@H]1CC[C@H](O)C1)N(C)C1CCC(Nc2ncc3oc(C#N)cc3c2Br)CC1. The van der Waals surface area contributed by atoms with Crippen molar-refractivity contribution in [1.82, 2.24) is 15.2 Å². The number of aromatic nitrogens is 1. The number of pyridine rings is 1. The Morgan fingerprint density at radius 3 is 2.69 bits per heavy atom. The monoisotopic (exact) mass is 503 g/mol. The summed E-state index contributed by atoms with van der Waals surface area (Å²) < 4.78 is 6.25. The Morgan fingerprint density at radius 2 is 2.03 bits per heavy atom. The third kappa shape index (κ3) is 4.92. The van der Waals surface area contributed by atoms with Crippen LogP contribution < -0.4 is 10.6 Å². The number of hydrogen-bond donors (Lipinski definition) is 3. The van der Waals surface area contributed by atoms with E-state index in [2.05, 4.69) is 36.4 Å². The van der Waals surface area contributed by atoms with Crippen molar-refractivity contribution in [2.24, 2.45) is 0 Å². The molecule has 9 heteroatoms. The van der Waals surface area contributed by atoms with Crippen molar-refractivity contribution in [3.8, 4) is 6.07 Å². The highest BCUT2D eigenvalue weighted by Crippen LogP contribution is 2.34. The number of furan rings is 1. The number of hydrogen-bond acceptors (Lipinski definition) is 7. The number of carbonyl (C=O) groups excluding carboxylic acids is 1. The highest BCUT2D eigenvalue weighted by molar-refractivity contribution is 9.10. The normalized spacial score (nSPS) is 26.8. The van der Waals surface area contributed by atoms with Crippen LogP contribution in [0.4, 0.5) is 5.82 Å². The molecule has 4 rings (SSSR count). The van der Waals surface area contributed by atoms with Crippen LogP contribution in [0.25, 0.3) is 11.0 Å². The maximum Gasteiger partial charge on any atom is 0.237 e. The van der Waals surface area contributed by atoms with Crippen molar-refractivity contribution >= 4 is 38.6 Å². The lowest BCUT2D eigenvalue weighted by molar-refractivity contribution is -0.127. The van der Waals surface area contributed by atoms with E-state index in [-0.39, 0.29) is 29.9 Å². The number of halogens is 1. The second-order valence-corrected chi connectivity index (χ2v) is 9.88. The van der Waals surface area contributed by atoms with Crippen LogP contribution in [-0.4, -0.2) is 58.2 Å². The maximum atomic E-state index is 12.7. The molecule has 2 aromatic heterocycles. The molecule has 0 unspecified atom stereocenters. The number of nitrogens with one attached hydrogen (secondary N) is 2. The van der Waals surface area contributed by atoms with Gasteiger partial charge in [-0.15, -0.1) is 0 Å². The molecule has 2 fully saturated rings. The average molecular weight is 504 g/mol. The molecule has 32 heavy (non-hydrogen) atoms. The molecule has 0 aliphatic heterocycles. The quantitative estimate of drug-likeness (QED) is 0.552. The summed E-state index contributed by atoms with van der Waals surface area (Å²) in [5.41, 5.74) is 0.587. The Labute approximate surface area is 196 Å². The maximum absolute atomic E-state index is 12.7. The standard InChI is InChI=1S/C23H30BrN5O3/c1-13(23(31)28-15-5-8-17(30)9-15)29(2)16-6-3-14(4-7-16)27-22-21(24)19-10-18(11-25)32-20(19)12-26-22/h10,12-17,30H,3-9H2,1-2H3,(H,26,27)(H,28,31)/t13-,14?,15+,16?,17-/m0/s1. The zero-order chi connectivity index (χ0) is 22.8. The van der Waals surface area contributed by atoms with Gasteiger partial charge >= 0.3 is 0 Å². The predicted molar refractivity (Wildman–Crippen MR) is 125 cm³/mol. The van der Waals surface area contributed by atoms with E-state index in [1.165, 1.54) is 0 Å². The molecule has 2 aliphatic rings. The molecule has 3 N–H and O–H groups in total. The molecule has 2 heterocycles. The molecule has 2 saturated carbocycles. The van der Waals surface area contributed by atoms with Gasteiger partial charge in [0.1, 0.15) is 11.9 Å². The van der Waals surface area contributed by atoms with Gasteiger partial charge in [-0.3, -0.25) is 9.69 Å². The van der Waals surface area contributed by atoms with Crippen molar-refractivity contribution in [2.45, 2.75) is 82.1 Å². The fourth-order valence-corrected chi connectivity index (χ4v) is 5.39. The zero-order valence-corrected chi connectivity index (χ0v) is 20.1. The fourth-order valence-electron chi connectivity index (χ4n) is 4.87. The zero-order valence-electron chi connectivity index (χ0n) is 18.5. The number of likely N-dealkylation sites (N-methyl/N-ethyl adjacent to an activating group) is 1. The van der Waals surface area contributed by atoms with Crippen LogP contribution in [0.5, 0.6) is 0 Å². The highest BCUT2D eigenvalue weighted by Gasteiger charge is 2.31. The molecule has 0 radical (unpaired) electrons. The van der Waals surface area contributed by atoms with Crippen LogP contribution in [0.15, 0.2) is 21.2 Å². The van der Waals surface area contributed by atoms with Crippen LogP contribution in [0, 0.1) is 11.3 Å². The number of anilines is 1. The predicted octanol–water partition coefficient (Wildman–Crippen LogP) is 3.53. The largest absolute Gasteiger partial charge is 0.444 e. The number of fused-ring (bicyclic) bond motifs is 1. The molecular formula is C23H30BrN5O3. The molecule has 0 aromatic carbocycles. The summed E-state index contributed by atoms with van der Waals surface area (Å²) in [6.07, 6.45) is 7.61. The lowest BCUT2D eigenvalue weighted by Gasteiger charge is -2.38. The first-order valence-corrected chi connectivity index (χ1v) is 12.1. The third-order valence-corrected chi connectivity index (χ3v) is 7.78. The summed E-state index contributed by atoms with van der Waals surface area (Å²) in [5.74, 6) is 1.07. The van der Waals surface area contributed by atoms with Gasteiger partial charge in [0.2, 0.25) is 11.7 Å². The molecule has 172 valence electrons. The van der Waals surface area contributed by atoms with Gasteiger partial charge in [0, 0.05) is 29.6 Å². The van der Waals surface area contributed by atoms with Crippen LogP contribution in [0.2, 0.25) is 0 Å². The van der Waals surface area contributed by atoms with E-state index in [0.717, 1.165) is 54.2 Å². The number of aliphatic hydroxyl groups is 1. The van der Waals surface area contributed by atoms with Gasteiger partial charge in [-0.1, -0.05) is 0 Å². The Bertz CT molecular complexity index is 1010. The lowest BCUT2D eigenvalue weighted by Crippen LogP contribution is -2.51. The van der Waals surface area contributed by atoms with Gasteiger partial charge in [-0.2, -0.15) is 5.26 Å². The molecular weight excluding hydrogens is 474 g/mol. The number of carbonyl (C=O) groups is 1. The topological polar surface area (TPSA) is 114 Å². The Hall–Kier alpha value is -2.15. The first-order chi connectivity index (χ1) is 15.4. The van der Waals surface area contributed by atoms with Gasteiger partial charge < -0.3 is 20.2 Å². The highest BCUT2D eigenvalue weighted by atomic mass is 79.9. The summed E-state index contributed by atoms with van der Waals surface area (Å²) in [4.78, 5) is 19.3. The van der Waals surface area contributed by atoms with Gasteiger partial charge in [0.05, 0.1) is 22.8 Å². The van der Waals surface area contributed by atoms with E-state index >= 15 is 0 Å². The van der Waals surface area contributed by atoms with Crippen molar-refractivity contribution in [2.75, 3.05) is 12.4 Å². The molecule has 0 bridgehead atoms. The minimum absolute atomic E-state index is 0.0464. The number of nitriles is 1. The average Bonchev–Trinajstić information content (AvgIpc) is 3.41. The Kier molecular flexibility index (Phi) is 7.03.